The molecule has 2 aromatic rings. The molecule has 0 bridgehead atoms. The van der Waals surface area contributed by atoms with Gasteiger partial charge in [0.05, 0.1) is 17.8 Å². The third-order valence-electron chi connectivity index (χ3n) is 2.35. The van der Waals surface area contributed by atoms with Crippen LogP contribution in [-0.4, -0.2) is 4.98 Å². The maximum atomic E-state index is 5.34. The molecule has 1 N–H and O–H groups in total. The van der Waals surface area contributed by atoms with Gasteiger partial charge in [0, 0.05) is 17.1 Å². The van der Waals surface area contributed by atoms with Gasteiger partial charge in [-0.25, -0.2) is 0 Å². The Balaban J connectivity index is 1.98. The van der Waals surface area contributed by atoms with Crippen molar-refractivity contribution in [3.63, 3.8) is 0 Å². The molecule has 0 aliphatic rings. The van der Waals surface area contributed by atoms with E-state index in [1.165, 1.54) is 4.88 Å². The third kappa shape index (κ3) is 2.46. The van der Waals surface area contributed by atoms with Crippen molar-refractivity contribution in [1.82, 2.24) is 10.3 Å². The summed E-state index contributed by atoms with van der Waals surface area (Å²) in [6.45, 7) is 4.23. The Labute approximate surface area is 93.2 Å². The minimum Gasteiger partial charge on any atom is -0.468 e. The molecular formula is C11H14N2OS. The van der Waals surface area contributed by atoms with Crippen molar-refractivity contribution < 1.29 is 4.42 Å². The van der Waals surface area contributed by atoms with Gasteiger partial charge in [-0.05, 0) is 26.0 Å². The van der Waals surface area contributed by atoms with E-state index in [0.717, 1.165) is 5.76 Å². The van der Waals surface area contributed by atoms with Crippen LogP contribution in [0.1, 0.15) is 36.6 Å². The molecule has 2 aromatic heterocycles. The number of aromatic nitrogens is 1. The smallest absolute Gasteiger partial charge is 0.120 e. The van der Waals surface area contributed by atoms with E-state index in [0.29, 0.717) is 6.04 Å². The molecule has 0 spiro atoms. The van der Waals surface area contributed by atoms with Gasteiger partial charge in [0.1, 0.15) is 5.76 Å². The number of nitrogens with zero attached hydrogens (tertiary/aromatic N) is 1. The van der Waals surface area contributed by atoms with Crippen molar-refractivity contribution in [3.8, 4) is 0 Å². The Kier molecular flexibility index (Phi) is 3.18. The van der Waals surface area contributed by atoms with E-state index in [9.17, 15) is 0 Å². The highest BCUT2D eigenvalue weighted by atomic mass is 32.1. The van der Waals surface area contributed by atoms with Crippen LogP contribution in [0.25, 0.3) is 0 Å². The summed E-state index contributed by atoms with van der Waals surface area (Å²) in [4.78, 5) is 5.31. The van der Waals surface area contributed by atoms with Gasteiger partial charge in [-0.2, -0.15) is 0 Å². The van der Waals surface area contributed by atoms with Crippen LogP contribution in [0.5, 0.6) is 0 Å². The van der Waals surface area contributed by atoms with E-state index in [4.69, 9.17) is 4.42 Å². The molecule has 2 heterocycles. The summed E-state index contributed by atoms with van der Waals surface area (Å²) in [6.07, 6.45) is 3.60. The maximum Gasteiger partial charge on any atom is 0.120 e. The van der Waals surface area contributed by atoms with E-state index >= 15 is 0 Å². The standard InChI is InChI=1S/C11H14N2OS/c1-8(10-4-3-5-14-10)13-9(2)11-6-12-7-15-11/h3-9,13H,1-2H3. The highest BCUT2D eigenvalue weighted by molar-refractivity contribution is 7.09. The molecule has 0 amide bonds. The summed E-state index contributed by atoms with van der Waals surface area (Å²) in [6, 6.07) is 4.41. The number of nitrogens with one attached hydrogen (secondary N) is 1. The topological polar surface area (TPSA) is 38.1 Å². The molecule has 80 valence electrons. The summed E-state index contributed by atoms with van der Waals surface area (Å²) < 4.78 is 5.34. The first kappa shape index (κ1) is 10.4. The summed E-state index contributed by atoms with van der Waals surface area (Å²) in [5, 5.41) is 3.46. The van der Waals surface area contributed by atoms with E-state index in [1.807, 2.05) is 23.8 Å². The monoisotopic (exact) mass is 222 g/mol. The van der Waals surface area contributed by atoms with E-state index in [-0.39, 0.29) is 6.04 Å². The lowest BCUT2D eigenvalue weighted by molar-refractivity contribution is 0.405. The Morgan fingerprint density at radius 2 is 2.27 bits per heavy atom. The molecule has 0 aliphatic heterocycles. The summed E-state index contributed by atoms with van der Waals surface area (Å²) in [5.74, 6) is 0.964. The molecule has 2 atom stereocenters. The Morgan fingerprint density at radius 1 is 1.40 bits per heavy atom. The fraction of sp³-hybridized carbons (Fsp3) is 0.364. The average Bonchev–Trinajstić information content (AvgIpc) is 2.91. The van der Waals surface area contributed by atoms with E-state index in [1.54, 1.807) is 17.6 Å². The molecule has 15 heavy (non-hydrogen) atoms. The third-order valence-corrected chi connectivity index (χ3v) is 3.31. The fourth-order valence-electron chi connectivity index (χ4n) is 1.52. The summed E-state index contributed by atoms with van der Waals surface area (Å²) >= 11 is 1.67. The van der Waals surface area contributed by atoms with Crippen molar-refractivity contribution in [3.05, 3.63) is 40.7 Å². The molecule has 3 nitrogen and oxygen atoms in total. The van der Waals surface area contributed by atoms with Crippen LogP contribution in [0.4, 0.5) is 0 Å². The Hall–Kier alpha value is -1.13. The first-order chi connectivity index (χ1) is 7.27. The van der Waals surface area contributed by atoms with Gasteiger partial charge < -0.3 is 9.73 Å². The van der Waals surface area contributed by atoms with Gasteiger partial charge in [0.15, 0.2) is 0 Å². The highest BCUT2D eigenvalue weighted by Crippen LogP contribution is 2.21. The van der Waals surface area contributed by atoms with Crippen LogP contribution < -0.4 is 5.32 Å². The van der Waals surface area contributed by atoms with Gasteiger partial charge in [0.25, 0.3) is 0 Å². The van der Waals surface area contributed by atoms with Crippen LogP contribution in [0.2, 0.25) is 0 Å². The number of furan rings is 1. The van der Waals surface area contributed by atoms with Gasteiger partial charge in [0.2, 0.25) is 0 Å². The van der Waals surface area contributed by atoms with Gasteiger partial charge in [-0.3, -0.25) is 4.98 Å². The molecule has 2 unspecified atom stereocenters. The van der Waals surface area contributed by atoms with Crippen molar-refractivity contribution in [2.45, 2.75) is 25.9 Å². The predicted molar refractivity (Wildman–Crippen MR) is 60.8 cm³/mol. The first-order valence-corrected chi connectivity index (χ1v) is 5.83. The molecule has 2 rings (SSSR count). The second-order valence-electron chi connectivity index (χ2n) is 3.53. The Bertz CT molecular complexity index is 344. The zero-order valence-electron chi connectivity index (χ0n) is 8.81. The normalized spacial score (nSPS) is 15.1. The van der Waals surface area contributed by atoms with Crippen molar-refractivity contribution in [2.75, 3.05) is 0 Å². The van der Waals surface area contributed by atoms with Crippen LogP contribution in [0.3, 0.4) is 0 Å². The maximum absolute atomic E-state index is 5.34. The highest BCUT2D eigenvalue weighted by Gasteiger charge is 2.13. The molecule has 0 aromatic carbocycles. The van der Waals surface area contributed by atoms with Gasteiger partial charge >= 0.3 is 0 Å². The van der Waals surface area contributed by atoms with Crippen molar-refractivity contribution in [2.24, 2.45) is 0 Å². The van der Waals surface area contributed by atoms with Gasteiger partial charge in [-0.15, -0.1) is 11.3 Å². The molecule has 0 saturated carbocycles. The number of rotatable bonds is 4. The zero-order chi connectivity index (χ0) is 10.7. The molecular weight excluding hydrogens is 208 g/mol. The van der Waals surface area contributed by atoms with Crippen LogP contribution in [0, 0.1) is 0 Å². The SMILES string of the molecule is CC(NC(C)c1cncs1)c1ccco1. The first-order valence-electron chi connectivity index (χ1n) is 4.95. The van der Waals surface area contributed by atoms with E-state index in [2.05, 4.69) is 24.1 Å². The molecule has 4 heteroatoms. The van der Waals surface area contributed by atoms with E-state index < -0.39 is 0 Å². The predicted octanol–water partition coefficient (Wildman–Crippen LogP) is 3.15. The van der Waals surface area contributed by atoms with Crippen LogP contribution >= 0.6 is 11.3 Å². The number of hydrogen-bond acceptors (Lipinski definition) is 4. The van der Waals surface area contributed by atoms with Gasteiger partial charge in [-0.1, -0.05) is 0 Å². The zero-order valence-corrected chi connectivity index (χ0v) is 9.62. The quantitative estimate of drug-likeness (QED) is 0.863. The van der Waals surface area contributed by atoms with Crippen molar-refractivity contribution >= 4 is 11.3 Å². The number of hydrogen-bond donors (Lipinski definition) is 1. The lowest BCUT2D eigenvalue weighted by Crippen LogP contribution is -2.21. The lowest BCUT2D eigenvalue weighted by Gasteiger charge is -2.16. The largest absolute Gasteiger partial charge is 0.468 e. The molecule has 0 aliphatic carbocycles. The van der Waals surface area contributed by atoms with Crippen LogP contribution in [0.15, 0.2) is 34.5 Å². The lowest BCUT2D eigenvalue weighted by atomic mass is 10.2. The number of thiazole rings is 1. The minimum atomic E-state index is 0.220. The fourth-order valence-corrected chi connectivity index (χ4v) is 2.15. The second kappa shape index (κ2) is 4.59. The summed E-state index contributed by atoms with van der Waals surface area (Å²) in [7, 11) is 0. The Morgan fingerprint density at radius 3 is 2.87 bits per heavy atom. The summed E-state index contributed by atoms with van der Waals surface area (Å²) in [5.41, 5.74) is 1.85. The molecule has 0 saturated heterocycles. The average molecular weight is 222 g/mol. The minimum absolute atomic E-state index is 0.220. The second-order valence-corrected chi connectivity index (χ2v) is 4.45. The van der Waals surface area contributed by atoms with Crippen molar-refractivity contribution in [1.29, 1.82) is 0 Å². The van der Waals surface area contributed by atoms with Crippen LogP contribution in [-0.2, 0) is 0 Å². The molecule has 0 radical (unpaired) electrons. The molecule has 0 fully saturated rings.